The second kappa shape index (κ2) is 8.47. The lowest BCUT2D eigenvalue weighted by atomic mass is 9.91. The molecule has 2 aromatic carbocycles. The molecule has 0 saturated carbocycles. The summed E-state index contributed by atoms with van der Waals surface area (Å²) >= 11 is 3.23. The first-order chi connectivity index (χ1) is 14.0. The van der Waals surface area contributed by atoms with Crippen molar-refractivity contribution in [2.24, 2.45) is 0 Å². The average molecular weight is 457 g/mol. The van der Waals surface area contributed by atoms with Crippen LogP contribution in [0.3, 0.4) is 0 Å². The first-order valence-corrected chi connectivity index (χ1v) is 10.4. The van der Waals surface area contributed by atoms with Crippen molar-refractivity contribution in [2.75, 3.05) is 18.4 Å². The molecule has 0 radical (unpaired) electrons. The molecule has 3 aromatic rings. The molecule has 4 rings (SSSR count). The van der Waals surface area contributed by atoms with Crippen molar-refractivity contribution in [3.05, 3.63) is 75.8 Å². The van der Waals surface area contributed by atoms with E-state index in [2.05, 4.69) is 31.7 Å². The van der Waals surface area contributed by atoms with Gasteiger partial charge in [-0.25, -0.2) is 9.07 Å². The quantitative estimate of drug-likeness (QED) is 0.592. The van der Waals surface area contributed by atoms with Gasteiger partial charge in [-0.2, -0.15) is 5.10 Å². The number of amides is 1. The minimum atomic E-state index is -0.484. The van der Waals surface area contributed by atoms with Gasteiger partial charge in [0.05, 0.1) is 28.8 Å². The maximum absolute atomic E-state index is 14.2. The van der Waals surface area contributed by atoms with E-state index in [9.17, 15) is 9.18 Å². The van der Waals surface area contributed by atoms with Crippen molar-refractivity contribution in [2.45, 2.75) is 25.7 Å². The number of hydrogen-bond donors (Lipinski definition) is 2. The van der Waals surface area contributed by atoms with E-state index in [1.807, 2.05) is 35.9 Å². The molecule has 2 heterocycles. The molecular formula is C22H22BrFN4O. The predicted molar refractivity (Wildman–Crippen MR) is 115 cm³/mol. The van der Waals surface area contributed by atoms with Crippen LogP contribution in [0.5, 0.6) is 0 Å². The van der Waals surface area contributed by atoms with Gasteiger partial charge < -0.3 is 10.6 Å². The van der Waals surface area contributed by atoms with Crippen LogP contribution in [0.4, 0.5) is 10.1 Å². The van der Waals surface area contributed by atoms with Crippen LogP contribution in [-0.4, -0.2) is 28.8 Å². The molecule has 1 aliphatic heterocycles. The third-order valence-corrected chi connectivity index (χ3v) is 5.73. The average Bonchev–Trinajstić information content (AvgIpc) is 3.16. The zero-order valence-electron chi connectivity index (χ0n) is 16.1. The Hall–Kier alpha value is -2.51. The molecule has 0 bridgehead atoms. The highest BCUT2D eigenvalue weighted by Gasteiger charge is 2.27. The van der Waals surface area contributed by atoms with Crippen LogP contribution in [0.2, 0.25) is 0 Å². The number of aromatic nitrogens is 2. The molecule has 29 heavy (non-hydrogen) atoms. The monoisotopic (exact) mass is 456 g/mol. The van der Waals surface area contributed by atoms with Crippen LogP contribution in [0, 0.1) is 12.7 Å². The molecule has 150 valence electrons. The molecule has 1 aromatic heterocycles. The number of benzene rings is 2. The first kappa shape index (κ1) is 19.8. The van der Waals surface area contributed by atoms with Gasteiger partial charge in [-0.05, 0) is 63.2 Å². The fourth-order valence-corrected chi connectivity index (χ4v) is 4.03. The van der Waals surface area contributed by atoms with E-state index in [1.54, 1.807) is 18.3 Å². The van der Waals surface area contributed by atoms with E-state index in [1.165, 1.54) is 6.07 Å². The zero-order valence-corrected chi connectivity index (χ0v) is 17.7. The molecule has 0 unspecified atom stereocenters. The van der Waals surface area contributed by atoms with E-state index in [0.29, 0.717) is 10.0 Å². The van der Waals surface area contributed by atoms with Crippen molar-refractivity contribution >= 4 is 27.5 Å². The molecule has 2 N–H and O–H groups in total. The number of nitrogens with zero attached hydrogens (tertiary/aromatic N) is 2. The highest BCUT2D eigenvalue weighted by Crippen LogP contribution is 2.31. The van der Waals surface area contributed by atoms with E-state index >= 15 is 0 Å². The van der Waals surface area contributed by atoms with Gasteiger partial charge in [0.2, 0.25) is 0 Å². The van der Waals surface area contributed by atoms with Gasteiger partial charge in [0.15, 0.2) is 0 Å². The molecular weight excluding hydrogens is 435 g/mol. The fourth-order valence-electron chi connectivity index (χ4n) is 3.69. The summed E-state index contributed by atoms with van der Waals surface area (Å²) in [5.74, 6) is -0.629. The molecule has 7 heteroatoms. The molecule has 0 aliphatic carbocycles. The van der Waals surface area contributed by atoms with Crippen molar-refractivity contribution < 1.29 is 9.18 Å². The number of piperidine rings is 1. The second-order valence-corrected chi connectivity index (χ2v) is 8.21. The summed E-state index contributed by atoms with van der Waals surface area (Å²) in [6, 6.07) is 12.6. The number of anilines is 1. The van der Waals surface area contributed by atoms with Gasteiger partial charge in [0.25, 0.3) is 5.91 Å². The number of carbonyl (C=O) groups is 1. The highest BCUT2D eigenvalue weighted by molar-refractivity contribution is 9.10. The Bertz CT molecular complexity index is 1030. The summed E-state index contributed by atoms with van der Waals surface area (Å²) in [5, 5.41) is 10.6. The maximum Gasteiger partial charge on any atom is 0.259 e. The number of halogens is 2. The lowest BCUT2D eigenvalue weighted by molar-refractivity contribution is 0.102. The number of nitrogens with one attached hydrogen (secondary N) is 2. The van der Waals surface area contributed by atoms with E-state index in [0.717, 1.165) is 42.9 Å². The SMILES string of the molecule is Cc1ccc(-n2ncc(C(=O)Nc3ccc(Br)cc3F)c2C2CCNCC2)cc1. The zero-order chi connectivity index (χ0) is 20.4. The van der Waals surface area contributed by atoms with Gasteiger partial charge in [-0.1, -0.05) is 33.6 Å². The molecule has 0 atom stereocenters. The Labute approximate surface area is 177 Å². The Kier molecular flexibility index (Phi) is 5.78. The molecule has 1 saturated heterocycles. The molecule has 1 amide bonds. The summed E-state index contributed by atoms with van der Waals surface area (Å²) in [6.45, 7) is 3.82. The number of rotatable bonds is 4. The van der Waals surface area contributed by atoms with Crippen LogP contribution in [0.15, 0.2) is 53.1 Å². The molecule has 0 spiro atoms. The Morgan fingerprint density at radius 3 is 2.62 bits per heavy atom. The van der Waals surface area contributed by atoms with E-state index in [4.69, 9.17) is 0 Å². The minimum absolute atomic E-state index is 0.151. The van der Waals surface area contributed by atoms with E-state index in [-0.39, 0.29) is 17.5 Å². The summed E-state index contributed by atoms with van der Waals surface area (Å²) in [5.41, 5.74) is 3.59. The van der Waals surface area contributed by atoms with Crippen molar-refractivity contribution in [1.82, 2.24) is 15.1 Å². The van der Waals surface area contributed by atoms with Crippen LogP contribution >= 0.6 is 15.9 Å². The summed E-state index contributed by atoms with van der Waals surface area (Å²) in [6.07, 6.45) is 3.43. The van der Waals surface area contributed by atoms with Crippen LogP contribution < -0.4 is 10.6 Å². The second-order valence-electron chi connectivity index (χ2n) is 7.29. The maximum atomic E-state index is 14.2. The molecule has 1 fully saturated rings. The fraction of sp³-hybridized carbons (Fsp3) is 0.273. The summed E-state index contributed by atoms with van der Waals surface area (Å²) < 4.78 is 16.7. The van der Waals surface area contributed by atoms with Crippen LogP contribution in [0.25, 0.3) is 5.69 Å². The molecule has 1 aliphatic rings. The van der Waals surface area contributed by atoms with Gasteiger partial charge in [0.1, 0.15) is 5.82 Å². The standard InChI is InChI=1S/C22H22BrFN4O/c1-14-2-5-17(6-3-14)28-21(15-8-10-25-11-9-15)18(13-26-28)22(29)27-20-7-4-16(23)12-19(20)24/h2-7,12-13,15,25H,8-11H2,1H3,(H,27,29). The van der Waals surface area contributed by atoms with Gasteiger partial charge >= 0.3 is 0 Å². The van der Waals surface area contributed by atoms with Gasteiger partial charge in [-0.15, -0.1) is 0 Å². The van der Waals surface area contributed by atoms with Crippen LogP contribution in [-0.2, 0) is 0 Å². The summed E-state index contributed by atoms with van der Waals surface area (Å²) in [7, 11) is 0. The predicted octanol–water partition coefficient (Wildman–Crippen LogP) is 4.80. The Morgan fingerprint density at radius 2 is 1.93 bits per heavy atom. The topological polar surface area (TPSA) is 59.0 Å². The van der Waals surface area contributed by atoms with Crippen molar-refractivity contribution in [1.29, 1.82) is 0 Å². The normalized spacial score (nSPS) is 14.7. The third-order valence-electron chi connectivity index (χ3n) is 5.23. The smallest absolute Gasteiger partial charge is 0.259 e. The Morgan fingerprint density at radius 1 is 1.21 bits per heavy atom. The Balaban J connectivity index is 1.72. The van der Waals surface area contributed by atoms with Crippen molar-refractivity contribution in [3.8, 4) is 5.69 Å². The van der Waals surface area contributed by atoms with Gasteiger partial charge in [-0.3, -0.25) is 4.79 Å². The number of aryl methyl sites for hydroxylation is 1. The summed E-state index contributed by atoms with van der Waals surface area (Å²) in [4.78, 5) is 13.1. The van der Waals surface area contributed by atoms with Crippen LogP contribution in [0.1, 0.15) is 40.4 Å². The molecule has 5 nitrogen and oxygen atoms in total. The lowest BCUT2D eigenvalue weighted by Gasteiger charge is -2.24. The largest absolute Gasteiger partial charge is 0.319 e. The van der Waals surface area contributed by atoms with Crippen molar-refractivity contribution in [3.63, 3.8) is 0 Å². The highest BCUT2D eigenvalue weighted by atomic mass is 79.9. The number of carbonyl (C=O) groups excluding carboxylic acids is 1. The minimum Gasteiger partial charge on any atom is -0.319 e. The number of hydrogen-bond acceptors (Lipinski definition) is 3. The third kappa shape index (κ3) is 4.26. The lowest BCUT2D eigenvalue weighted by Crippen LogP contribution is -2.29. The van der Waals surface area contributed by atoms with Gasteiger partial charge in [0, 0.05) is 10.4 Å². The first-order valence-electron chi connectivity index (χ1n) is 9.65. The van der Waals surface area contributed by atoms with E-state index < -0.39 is 5.82 Å².